The Hall–Kier alpha value is -2.72. The van der Waals surface area contributed by atoms with Gasteiger partial charge in [-0.15, -0.1) is 0 Å². The number of hydrogen-bond donors (Lipinski definition) is 0. The fraction of sp³-hybridized carbons (Fsp3) is 0.455. The highest BCUT2D eigenvalue weighted by Gasteiger charge is 2.22. The molecule has 0 bridgehead atoms. The summed E-state index contributed by atoms with van der Waals surface area (Å²) < 4.78 is 0. The highest BCUT2D eigenvalue weighted by molar-refractivity contribution is 5.82. The molecule has 0 unspecified atom stereocenters. The van der Waals surface area contributed by atoms with Crippen molar-refractivity contribution in [1.29, 1.82) is 10.5 Å². The molecule has 1 aromatic carbocycles. The molecule has 2 fully saturated rings. The summed E-state index contributed by atoms with van der Waals surface area (Å²) in [5.41, 5.74) is 1.85. The Bertz CT molecular complexity index is 701. The Morgan fingerprint density at radius 2 is 1.27 bits per heavy atom. The molecule has 2 aliphatic heterocycles. The number of likely N-dealkylation sites (tertiary alicyclic amines) is 2. The van der Waals surface area contributed by atoms with Crippen LogP contribution in [-0.2, 0) is 0 Å². The highest BCUT2D eigenvalue weighted by Crippen LogP contribution is 2.27. The summed E-state index contributed by atoms with van der Waals surface area (Å²) >= 11 is 0. The third kappa shape index (κ3) is 4.27. The van der Waals surface area contributed by atoms with Crippen molar-refractivity contribution in [2.45, 2.75) is 38.5 Å². The van der Waals surface area contributed by atoms with E-state index in [1.807, 2.05) is 30.3 Å². The van der Waals surface area contributed by atoms with Crippen LogP contribution in [0.1, 0.15) is 44.1 Å². The summed E-state index contributed by atoms with van der Waals surface area (Å²) in [6, 6.07) is 14.0. The summed E-state index contributed by atoms with van der Waals surface area (Å²) in [5, 5.41) is 19.0. The van der Waals surface area contributed by atoms with Crippen LogP contribution in [0.4, 0.5) is 0 Å². The van der Waals surface area contributed by atoms with E-state index < -0.39 is 0 Å². The van der Waals surface area contributed by atoms with E-state index in [9.17, 15) is 10.5 Å². The second-order valence-corrected chi connectivity index (χ2v) is 6.98. The topological polar surface area (TPSA) is 54.1 Å². The molecule has 0 N–H and O–H groups in total. The van der Waals surface area contributed by atoms with E-state index in [4.69, 9.17) is 0 Å². The summed E-state index contributed by atoms with van der Waals surface area (Å²) in [5.74, 6) is 1.19. The lowest BCUT2D eigenvalue weighted by atomic mass is 9.99. The normalized spacial score (nSPS) is 17.0. The molecule has 0 spiro atoms. The number of nitrogens with zero attached hydrogens (tertiary/aromatic N) is 4. The minimum absolute atomic E-state index is 0.183. The Morgan fingerprint density at radius 1 is 0.769 bits per heavy atom. The molecular weight excluding hydrogens is 320 g/mol. The Morgan fingerprint density at radius 3 is 1.73 bits per heavy atom. The van der Waals surface area contributed by atoms with E-state index in [0.29, 0.717) is 0 Å². The molecule has 0 saturated carbocycles. The summed E-state index contributed by atoms with van der Waals surface area (Å²) in [6.07, 6.45) is 9.49. The third-order valence-electron chi connectivity index (χ3n) is 5.21. The Labute approximate surface area is 156 Å². The largest absolute Gasteiger partial charge is 0.358 e. The fourth-order valence-electron chi connectivity index (χ4n) is 3.82. The number of piperidine rings is 2. The van der Waals surface area contributed by atoms with Crippen LogP contribution in [0.2, 0.25) is 0 Å². The van der Waals surface area contributed by atoms with Crippen molar-refractivity contribution in [1.82, 2.24) is 9.80 Å². The fourth-order valence-corrected chi connectivity index (χ4v) is 3.82. The van der Waals surface area contributed by atoms with Crippen LogP contribution in [0.25, 0.3) is 5.57 Å². The molecule has 134 valence electrons. The van der Waals surface area contributed by atoms with Gasteiger partial charge in [0.05, 0.1) is 0 Å². The second kappa shape index (κ2) is 9.11. The van der Waals surface area contributed by atoms with Crippen LogP contribution in [-0.4, -0.2) is 36.0 Å². The first-order valence-electron chi connectivity index (χ1n) is 9.65. The van der Waals surface area contributed by atoms with Crippen LogP contribution in [0.15, 0.2) is 47.8 Å². The van der Waals surface area contributed by atoms with E-state index >= 15 is 0 Å². The predicted molar refractivity (Wildman–Crippen MR) is 104 cm³/mol. The van der Waals surface area contributed by atoms with E-state index in [1.165, 1.54) is 44.3 Å². The number of nitriles is 2. The van der Waals surface area contributed by atoms with Crippen LogP contribution in [0.5, 0.6) is 0 Å². The van der Waals surface area contributed by atoms with Gasteiger partial charge in [-0.25, -0.2) is 0 Å². The maximum absolute atomic E-state index is 9.50. The maximum atomic E-state index is 9.50. The van der Waals surface area contributed by atoms with Crippen molar-refractivity contribution >= 4 is 5.57 Å². The van der Waals surface area contributed by atoms with Gasteiger partial charge in [-0.05, 0) is 50.2 Å². The van der Waals surface area contributed by atoms with Gasteiger partial charge in [0, 0.05) is 31.8 Å². The molecule has 0 amide bonds. The molecule has 0 aliphatic carbocycles. The van der Waals surface area contributed by atoms with E-state index in [1.54, 1.807) is 0 Å². The molecule has 4 nitrogen and oxygen atoms in total. The Kier molecular flexibility index (Phi) is 6.34. The van der Waals surface area contributed by atoms with Crippen molar-refractivity contribution < 1.29 is 0 Å². The number of benzene rings is 1. The van der Waals surface area contributed by atoms with E-state index in [2.05, 4.69) is 28.0 Å². The minimum Gasteiger partial charge on any atom is -0.358 e. The highest BCUT2D eigenvalue weighted by atomic mass is 15.3. The zero-order valence-corrected chi connectivity index (χ0v) is 15.3. The van der Waals surface area contributed by atoms with Crippen molar-refractivity contribution in [2.75, 3.05) is 26.2 Å². The van der Waals surface area contributed by atoms with Crippen molar-refractivity contribution in [3.63, 3.8) is 0 Å². The second-order valence-electron chi connectivity index (χ2n) is 6.98. The molecule has 2 saturated heterocycles. The van der Waals surface area contributed by atoms with Crippen molar-refractivity contribution in [2.24, 2.45) is 0 Å². The van der Waals surface area contributed by atoms with Crippen molar-refractivity contribution in [3.8, 4) is 12.1 Å². The zero-order valence-electron chi connectivity index (χ0n) is 15.3. The molecule has 2 aliphatic rings. The van der Waals surface area contributed by atoms with Gasteiger partial charge in [-0.1, -0.05) is 30.3 Å². The summed E-state index contributed by atoms with van der Waals surface area (Å²) in [6.45, 7) is 4.22. The van der Waals surface area contributed by atoms with Gasteiger partial charge in [-0.2, -0.15) is 10.5 Å². The standard InChI is InChI=1S/C22H26N4/c23-17-20(18-24)21(19-10-4-1-5-11-19)16-22(25-12-6-2-7-13-25)26-14-8-3-9-15-26/h1,4-5,10-11,16H,2-3,6-9,12-15H2. The van der Waals surface area contributed by atoms with Crippen molar-refractivity contribution in [3.05, 3.63) is 53.4 Å². The van der Waals surface area contributed by atoms with Gasteiger partial charge in [-0.3, -0.25) is 0 Å². The third-order valence-corrected chi connectivity index (χ3v) is 5.21. The average Bonchev–Trinajstić information content (AvgIpc) is 2.73. The maximum Gasteiger partial charge on any atom is 0.137 e. The molecular formula is C22H26N4. The van der Waals surface area contributed by atoms with Crippen LogP contribution < -0.4 is 0 Å². The molecule has 0 aromatic heterocycles. The quantitative estimate of drug-likeness (QED) is 0.602. The van der Waals surface area contributed by atoms with E-state index in [-0.39, 0.29) is 5.57 Å². The first-order chi connectivity index (χ1) is 12.8. The van der Waals surface area contributed by atoms with Gasteiger partial charge in [0.15, 0.2) is 0 Å². The summed E-state index contributed by atoms with van der Waals surface area (Å²) in [7, 11) is 0. The molecule has 4 heteroatoms. The molecule has 3 rings (SSSR count). The van der Waals surface area contributed by atoms with Crippen LogP contribution in [0, 0.1) is 22.7 Å². The molecule has 1 aromatic rings. The first kappa shape index (κ1) is 18.1. The molecule has 2 heterocycles. The lowest BCUT2D eigenvalue weighted by Gasteiger charge is -2.40. The first-order valence-corrected chi connectivity index (χ1v) is 9.65. The molecule has 26 heavy (non-hydrogen) atoms. The van der Waals surface area contributed by atoms with Gasteiger partial charge in [0.1, 0.15) is 23.5 Å². The molecule has 0 radical (unpaired) electrons. The SMILES string of the molecule is N#CC(C#N)=C(C=C(N1CCCCC1)N1CCCCC1)c1ccccc1. The van der Waals surface area contributed by atoms with Gasteiger partial charge in [0.2, 0.25) is 0 Å². The zero-order chi connectivity index (χ0) is 18.2. The number of rotatable bonds is 4. The van der Waals surface area contributed by atoms with Gasteiger partial charge >= 0.3 is 0 Å². The summed E-state index contributed by atoms with van der Waals surface area (Å²) in [4.78, 5) is 4.90. The molecule has 0 atom stereocenters. The lowest BCUT2D eigenvalue weighted by Crippen LogP contribution is -2.40. The van der Waals surface area contributed by atoms with Gasteiger partial charge in [0.25, 0.3) is 0 Å². The number of hydrogen-bond acceptors (Lipinski definition) is 4. The van der Waals surface area contributed by atoms with Gasteiger partial charge < -0.3 is 9.80 Å². The minimum atomic E-state index is 0.183. The monoisotopic (exact) mass is 346 g/mol. The lowest BCUT2D eigenvalue weighted by molar-refractivity contribution is 0.167. The van der Waals surface area contributed by atoms with Crippen LogP contribution in [0.3, 0.4) is 0 Å². The Balaban J connectivity index is 2.06. The predicted octanol–water partition coefficient (Wildman–Crippen LogP) is 4.30. The number of allylic oxidation sites excluding steroid dienone is 3. The smallest absolute Gasteiger partial charge is 0.137 e. The average molecular weight is 346 g/mol. The van der Waals surface area contributed by atoms with Crippen LogP contribution >= 0.6 is 0 Å². The van der Waals surface area contributed by atoms with E-state index in [0.717, 1.165) is 37.3 Å².